The van der Waals surface area contributed by atoms with E-state index in [9.17, 15) is 0 Å². The van der Waals surface area contributed by atoms with Crippen LogP contribution in [-0.2, 0) is 114 Å². The standard InChI is InChI=1S/C48H90N6O24/c1-55-31-25-19(13-49)67-43(37(31)61-7)74-26-20(14-50)69-45(39(63-9)32(26)56-2)76-28-22(16-52)71-47(41(65-11)34(28)58-4)78-30-24(18-54)72-48(42(66-12)36(30)60-6)77-29-23(17-53)70-46(40(64-10)35(29)59-5)75-27-21(15-51)68-44(73-25)38(62-8)33(27)57-3/h19-48H,13-18,49-54H2,1-12H3/t19-,20-,21-,22-,23-,24-,25-,26-,27-,28-,29-,30-,31+,32+,33+,34+,35+,36+,37-,38-,39-,40-,41-,42-,43-,44-,45-,46-,47-,48-/m1/s1. The predicted octanol–water partition coefficient (Wildman–Crippen LogP) is -5.41. The molecule has 22 rings (SSSR count). The van der Waals surface area contributed by atoms with Crippen LogP contribution in [0.1, 0.15) is 0 Å². The molecule has 30 nitrogen and oxygen atoms in total. The first-order chi connectivity index (χ1) is 37.9. The first kappa shape index (κ1) is 64.4. The molecule has 0 aliphatic carbocycles. The van der Waals surface area contributed by atoms with Gasteiger partial charge in [-0.25, -0.2) is 0 Å². The molecule has 30 heteroatoms. The van der Waals surface area contributed by atoms with E-state index in [1.807, 2.05) is 0 Å². The van der Waals surface area contributed by atoms with Crippen molar-refractivity contribution in [2.75, 3.05) is 125 Å². The van der Waals surface area contributed by atoms with Crippen LogP contribution in [0.3, 0.4) is 0 Å². The van der Waals surface area contributed by atoms with Crippen LogP contribution in [0.4, 0.5) is 0 Å². The molecule has 456 valence electrons. The number of hydrogen-bond acceptors (Lipinski definition) is 30. The highest BCUT2D eigenvalue weighted by atomic mass is 16.8. The molecule has 22 saturated heterocycles. The number of ether oxygens (including phenoxy) is 24. The second-order valence-corrected chi connectivity index (χ2v) is 19.7. The summed E-state index contributed by atoms with van der Waals surface area (Å²) in [5, 5.41) is 0. The minimum Gasteiger partial charge on any atom is -0.376 e. The molecule has 0 aromatic carbocycles. The van der Waals surface area contributed by atoms with E-state index in [0.717, 1.165) is 0 Å². The van der Waals surface area contributed by atoms with Crippen LogP contribution in [0.15, 0.2) is 0 Å². The van der Waals surface area contributed by atoms with E-state index in [4.69, 9.17) is 148 Å². The Morgan fingerprint density at radius 3 is 0.397 bits per heavy atom. The van der Waals surface area contributed by atoms with E-state index in [1.165, 1.54) is 85.3 Å². The molecule has 12 bridgehead atoms. The van der Waals surface area contributed by atoms with Crippen LogP contribution in [0, 0.1) is 0 Å². The summed E-state index contributed by atoms with van der Waals surface area (Å²) in [6.07, 6.45) is -29.7. The van der Waals surface area contributed by atoms with E-state index in [-0.39, 0.29) is 39.3 Å². The van der Waals surface area contributed by atoms with Gasteiger partial charge in [0.1, 0.15) is 146 Å². The topological polar surface area (TPSA) is 378 Å². The molecule has 78 heavy (non-hydrogen) atoms. The van der Waals surface area contributed by atoms with E-state index < -0.39 is 184 Å². The van der Waals surface area contributed by atoms with E-state index >= 15 is 0 Å². The Morgan fingerprint density at radius 2 is 0.308 bits per heavy atom. The highest BCUT2D eigenvalue weighted by Gasteiger charge is 2.60. The van der Waals surface area contributed by atoms with Crippen LogP contribution in [0.2, 0.25) is 0 Å². The van der Waals surface area contributed by atoms with Gasteiger partial charge in [-0.2, -0.15) is 0 Å². The Bertz CT molecular complexity index is 1440. The molecule has 30 atom stereocenters. The second-order valence-electron chi connectivity index (χ2n) is 19.7. The number of nitrogens with two attached hydrogens (primary N) is 6. The molecule has 22 heterocycles. The Kier molecular flexibility index (Phi) is 24.8. The van der Waals surface area contributed by atoms with Crippen molar-refractivity contribution in [3.8, 4) is 0 Å². The number of methoxy groups -OCH3 is 12. The molecule has 0 amide bonds. The average molecular weight is 1140 g/mol. The Balaban J connectivity index is 1.31. The van der Waals surface area contributed by atoms with E-state index in [2.05, 4.69) is 0 Å². The van der Waals surface area contributed by atoms with Crippen molar-refractivity contribution < 1.29 is 114 Å². The zero-order valence-electron chi connectivity index (χ0n) is 46.8. The van der Waals surface area contributed by atoms with Crippen molar-refractivity contribution in [3.05, 3.63) is 0 Å². The van der Waals surface area contributed by atoms with Crippen LogP contribution in [0.5, 0.6) is 0 Å². The average Bonchev–Trinajstić information content (AvgIpc) is 3.57. The maximum Gasteiger partial charge on any atom is 0.187 e. The fraction of sp³-hybridized carbons (Fsp3) is 1.00. The van der Waals surface area contributed by atoms with Gasteiger partial charge in [0.25, 0.3) is 0 Å². The maximum absolute atomic E-state index is 6.82. The van der Waals surface area contributed by atoms with Gasteiger partial charge in [0.15, 0.2) is 37.7 Å². The third-order valence-electron chi connectivity index (χ3n) is 16.0. The molecule has 0 radical (unpaired) electrons. The number of rotatable bonds is 18. The Morgan fingerprint density at radius 1 is 0.192 bits per heavy atom. The van der Waals surface area contributed by atoms with Gasteiger partial charge in [0.05, 0.1) is 0 Å². The molecule has 22 fully saturated rings. The lowest BCUT2D eigenvalue weighted by atomic mass is 9.94. The monoisotopic (exact) mass is 1130 g/mol. The summed E-state index contributed by atoms with van der Waals surface area (Å²) in [7, 11) is 17.9. The van der Waals surface area contributed by atoms with Crippen LogP contribution < -0.4 is 34.4 Å². The minimum absolute atomic E-state index is 0.0805. The molecule has 22 aliphatic rings. The Hall–Kier alpha value is -1.20. The fourth-order valence-electron chi connectivity index (χ4n) is 12.1. The molecular weight excluding hydrogens is 1040 g/mol. The summed E-state index contributed by atoms with van der Waals surface area (Å²) < 4.78 is 154. The summed E-state index contributed by atoms with van der Waals surface area (Å²) in [5.74, 6) is 0. The summed E-state index contributed by atoms with van der Waals surface area (Å²) in [6, 6.07) is 0. The van der Waals surface area contributed by atoms with Gasteiger partial charge in [0.2, 0.25) is 0 Å². The van der Waals surface area contributed by atoms with Crippen molar-refractivity contribution in [1.29, 1.82) is 0 Å². The maximum atomic E-state index is 6.82. The zero-order valence-corrected chi connectivity index (χ0v) is 46.8. The third-order valence-corrected chi connectivity index (χ3v) is 16.0. The second kappa shape index (κ2) is 30.0. The first-order valence-corrected chi connectivity index (χ1v) is 26.3. The first-order valence-electron chi connectivity index (χ1n) is 26.3. The van der Waals surface area contributed by atoms with Gasteiger partial charge >= 0.3 is 0 Å². The Labute approximate surface area is 456 Å². The summed E-state index contributed by atoms with van der Waals surface area (Å²) in [6.45, 7) is -0.483. The van der Waals surface area contributed by atoms with Crippen LogP contribution >= 0.6 is 0 Å². The van der Waals surface area contributed by atoms with Crippen molar-refractivity contribution in [1.82, 2.24) is 0 Å². The molecular formula is C48H90N6O24. The molecule has 0 spiro atoms. The van der Waals surface area contributed by atoms with Gasteiger partial charge in [0, 0.05) is 125 Å². The summed E-state index contributed by atoms with van der Waals surface area (Å²) >= 11 is 0. The highest BCUT2D eigenvalue weighted by Crippen LogP contribution is 2.41. The van der Waals surface area contributed by atoms with Crippen LogP contribution in [0.25, 0.3) is 0 Å². The van der Waals surface area contributed by atoms with Gasteiger partial charge in [-0.15, -0.1) is 0 Å². The molecule has 0 aromatic heterocycles. The predicted molar refractivity (Wildman–Crippen MR) is 265 cm³/mol. The molecule has 0 saturated carbocycles. The highest BCUT2D eigenvalue weighted by molar-refractivity contribution is 5.03. The van der Waals surface area contributed by atoms with E-state index in [1.54, 1.807) is 0 Å². The normalized spacial score (nSPS) is 48.7. The lowest BCUT2D eigenvalue weighted by molar-refractivity contribution is -0.404. The smallest absolute Gasteiger partial charge is 0.187 e. The van der Waals surface area contributed by atoms with Gasteiger partial charge in [-0.3, -0.25) is 0 Å². The summed E-state index contributed by atoms with van der Waals surface area (Å²) in [4.78, 5) is 0. The van der Waals surface area contributed by atoms with Gasteiger partial charge < -0.3 is 148 Å². The molecule has 0 aromatic rings. The lowest BCUT2D eigenvalue weighted by Crippen LogP contribution is -2.70. The van der Waals surface area contributed by atoms with Gasteiger partial charge in [-0.05, 0) is 0 Å². The SMILES string of the molecule is CO[C@@H]1[C@@H](OC)[C@H]2O[C@H]3[C@H](OC)[C@@H](OC)[C@@H](O[C@H]4[C@H](OC)[C@@H](OC)[C@@H](O[C@H]5[C@H](OC)[C@@H](OC)[C@@H](O[C@H]6[C@H](OC)[C@@H](OC)[C@@H](O[C@H]7[C@H](OC)[C@@H](OC)[C@@H](O[C@@H]1[C@@H](CN)O2)O[C@@H]7CN)O[C@@H]6CN)O[C@@H]5CN)O[C@@H]4CN)O[C@@H]3CN. The van der Waals surface area contributed by atoms with Crippen molar-refractivity contribution in [2.24, 2.45) is 34.4 Å². The number of hydrogen-bond donors (Lipinski definition) is 6. The van der Waals surface area contributed by atoms with Crippen molar-refractivity contribution in [3.63, 3.8) is 0 Å². The fourth-order valence-corrected chi connectivity index (χ4v) is 12.1. The minimum atomic E-state index is -1.18. The summed E-state index contributed by atoms with van der Waals surface area (Å²) in [5.41, 5.74) is 38.9. The zero-order chi connectivity index (χ0) is 56.5. The molecule has 22 aliphatic heterocycles. The molecule has 0 unspecified atom stereocenters. The third kappa shape index (κ3) is 12.7. The van der Waals surface area contributed by atoms with Gasteiger partial charge in [-0.1, -0.05) is 0 Å². The van der Waals surface area contributed by atoms with Crippen molar-refractivity contribution >= 4 is 0 Å². The van der Waals surface area contributed by atoms with E-state index in [0.29, 0.717) is 0 Å². The largest absolute Gasteiger partial charge is 0.376 e. The quantitative estimate of drug-likeness (QED) is 0.0746. The van der Waals surface area contributed by atoms with Crippen molar-refractivity contribution in [2.45, 2.75) is 184 Å². The lowest BCUT2D eigenvalue weighted by Gasteiger charge is -2.53. The van der Waals surface area contributed by atoms with Crippen LogP contribution in [-0.4, -0.2) is 309 Å². The molecule has 12 N–H and O–H groups in total.